The second kappa shape index (κ2) is 13.0. The van der Waals surface area contributed by atoms with Crippen molar-refractivity contribution in [1.29, 1.82) is 0 Å². The van der Waals surface area contributed by atoms with Gasteiger partial charge >= 0.3 is 35.5 Å². The van der Waals surface area contributed by atoms with Crippen LogP contribution in [0.5, 0.6) is 5.75 Å². The Morgan fingerprint density at radius 3 is 1.95 bits per heavy atom. The molecule has 0 radical (unpaired) electrons. The molecule has 198 valence electrons. The van der Waals surface area contributed by atoms with E-state index in [0.29, 0.717) is 18.7 Å². The van der Waals surface area contributed by atoms with Crippen LogP contribution in [-0.2, 0) is 17.8 Å². The van der Waals surface area contributed by atoms with Gasteiger partial charge in [-0.25, -0.2) is 14.8 Å². The van der Waals surface area contributed by atoms with Gasteiger partial charge in [-0.3, -0.25) is 0 Å². The summed E-state index contributed by atoms with van der Waals surface area (Å²) in [5.74, 6) is 0.397. The molecule has 0 aliphatic rings. The molecule has 7 heteroatoms. The molecule has 41 heavy (non-hydrogen) atoms. The number of aliphatic carboxylic acids is 1. The van der Waals surface area contributed by atoms with Gasteiger partial charge in [0.1, 0.15) is 17.1 Å². The molecule has 0 aliphatic heterocycles. The fourth-order valence-corrected chi connectivity index (χ4v) is 4.80. The van der Waals surface area contributed by atoms with Crippen molar-refractivity contribution in [1.82, 2.24) is 14.5 Å². The van der Waals surface area contributed by atoms with Crippen molar-refractivity contribution < 1.29 is 14.6 Å². The second-order valence-electron chi connectivity index (χ2n) is 9.59. The van der Waals surface area contributed by atoms with E-state index in [-0.39, 0.29) is 29.6 Å². The van der Waals surface area contributed by atoms with Gasteiger partial charge in [0.05, 0.1) is 6.54 Å². The second-order valence-corrected chi connectivity index (χ2v) is 9.59. The van der Waals surface area contributed by atoms with Crippen LogP contribution in [0, 0.1) is 0 Å². The van der Waals surface area contributed by atoms with Crippen LogP contribution < -0.4 is 4.74 Å². The van der Waals surface area contributed by atoms with E-state index in [4.69, 9.17) is 9.72 Å². The first-order chi connectivity index (χ1) is 19.6. The minimum atomic E-state index is -0.989. The summed E-state index contributed by atoms with van der Waals surface area (Å²) in [6.45, 7) is 0.675. The Hall–Kier alpha value is -4.23. The summed E-state index contributed by atoms with van der Waals surface area (Å²) >= 11 is 0. The van der Waals surface area contributed by atoms with Crippen molar-refractivity contribution in [3.63, 3.8) is 0 Å². The summed E-state index contributed by atoms with van der Waals surface area (Å²) in [5.41, 5.74) is 6.86. The maximum atomic E-state index is 11.8. The number of hydrogen-bond donors (Lipinski definition) is 1. The van der Waals surface area contributed by atoms with Crippen LogP contribution in [0.25, 0.3) is 33.7 Å². The molecule has 1 N–H and O–H groups in total. The molecule has 0 aliphatic carbocycles. The fourth-order valence-electron chi connectivity index (χ4n) is 4.80. The molecule has 0 spiro atoms. The van der Waals surface area contributed by atoms with Gasteiger partial charge in [-0.15, -0.1) is 0 Å². The Morgan fingerprint density at radius 2 is 1.32 bits per heavy atom. The van der Waals surface area contributed by atoms with Crippen molar-refractivity contribution >= 4 is 46.7 Å². The third-order valence-electron chi connectivity index (χ3n) is 6.84. The van der Waals surface area contributed by atoms with E-state index in [0.717, 1.165) is 39.2 Å². The summed E-state index contributed by atoms with van der Waals surface area (Å²) in [7, 11) is 0. The van der Waals surface area contributed by atoms with Crippen LogP contribution in [0.4, 0.5) is 0 Å². The van der Waals surface area contributed by atoms with Gasteiger partial charge in [0.15, 0.2) is 11.8 Å². The summed E-state index contributed by atoms with van der Waals surface area (Å²) in [5, 5.41) is 9.66. The van der Waals surface area contributed by atoms with Gasteiger partial charge in [0, 0.05) is 18.2 Å². The first-order valence-corrected chi connectivity index (χ1v) is 13.1. The van der Waals surface area contributed by atoms with E-state index in [9.17, 15) is 9.90 Å². The zero-order chi connectivity index (χ0) is 27.3. The third kappa shape index (κ3) is 6.57. The molecule has 0 unspecified atom stereocenters. The number of hydrogen-bond acceptors (Lipinski definition) is 4. The first-order valence-electron chi connectivity index (χ1n) is 13.1. The van der Waals surface area contributed by atoms with E-state index in [1.54, 1.807) is 6.20 Å². The number of carboxylic acids is 1. The molecule has 6 nitrogen and oxygen atoms in total. The summed E-state index contributed by atoms with van der Waals surface area (Å²) < 4.78 is 7.97. The Kier molecular flexibility index (Phi) is 8.95. The predicted molar refractivity (Wildman–Crippen MR) is 163 cm³/mol. The van der Waals surface area contributed by atoms with E-state index >= 15 is 0 Å². The molecule has 1 atom stereocenters. The van der Waals surface area contributed by atoms with Crippen molar-refractivity contribution in [2.24, 2.45) is 0 Å². The summed E-state index contributed by atoms with van der Waals surface area (Å²) in [4.78, 5) is 21.3. The predicted octanol–water partition coefficient (Wildman–Crippen LogP) is 6.24. The number of pyridine rings is 1. The molecule has 2 heterocycles. The van der Waals surface area contributed by atoms with Gasteiger partial charge in [-0.2, -0.15) is 0 Å². The Labute approximate surface area is 260 Å². The van der Waals surface area contributed by atoms with Crippen LogP contribution in [0.3, 0.4) is 0 Å². The number of benzene rings is 4. The minimum absolute atomic E-state index is 0. The molecule has 4 aromatic carbocycles. The number of imidazole rings is 1. The van der Waals surface area contributed by atoms with Crippen LogP contribution in [-0.4, -0.2) is 61.3 Å². The SMILES string of the molecule is O=C(O)[C@@H](Cc1ccccc1)Oc1ccc(-c2ccc(-c3nc4cccnc4n3Cc3ccccc3)cc2)cc1.[NaH]. The molecule has 0 saturated heterocycles. The summed E-state index contributed by atoms with van der Waals surface area (Å²) in [6, 6.07) is 39.5. The Balaban J connectivity index is 0.00000337. The number of aromatic nitrogens is 3. The van der Waals surface area contributed by atoms with Gasteiger partial charge < -0.3 is 14.4 Å². The van der Waals surface area contributed by atoms with E-state index in [2.05, 4.69) is 45.9 Å². The van der Waals surface area contributed by atoms with E-state index < -0.39 is 12.1 Å². The number of fused-ring (bicyclic) bond motifs is 1. The van der Waals surface area contributed by atoms with Crippen LogP contribution in [0.15, 0.2) is 128 Å². The molecule has 0 bridgehead atoms. The number of carboxylic acid groups (broad SMARTS) is 1. The van der Waals surface area contributed by atoms with Gasteiger partial charge in [0.25, 0.3) is 0 Å². The molecule has 6 rings (SSSR count). The van der Waals surface area contributed by atoms with Crippen molar-refractivity contribution in [2.75, 3.05) is 0 Å². The van der Waals surface area contributed by atoms with Crippen molar-refractivity contribution in [3.8, 4) is 28.3 Å². The standard InChI is InChI=1S/C34H27N3O3.Na.H/c38-34(39)31(22-24-8-3-1-4-9-24)40-29-19-17-27(18-20-29)26-13-15-28(16-14-26)32-36-30-12-7-21-35-33(30)37(32)23-25-10-5-2-6-11-25;;/h1-21,31H,22-23H2,(H,38,39);;/t31-;;/m1../s1. The zero-order valence-electron chi connectivity index (χ0n) is 21.7. The third-order valence-corrected chi connectivity index (χ3v) is 6.84. The van der Waals surface area contributed by atoms with Gasteiger partial charge in [-0.05, 0) is 46.5 Å². The number of carbonyl (C=O) groups is 1. The van der Waals surface area contributed by atoms with E-state index in [1.807, 2.05) is 84.9 Å². The number of nitrogens with zero attached hydrogens (tertiary/aromatic N) is 3. The van der Waals surface area contributed by atoms with Gasteiger partial charge in [-0.1, -0.05) is 97.1 Å². The van der Waals surface area contributed by atoms with Crippen LogP contribution in [0.2, 0.25) is 0 Å². The summed E-state index contributed by atoms with van der Waals surface area (Å²) in [6.07, 6.45) is 1.13. The molecule has 0 saturated carbocycles. The van der Waals surface area contributed by atoms with Crippen LogP contribution >= 0.6 is 0 Å². The Bertz CT molecular complexity index is 1740. The number of ether oxygens (including phenoxy) is 1. The van der Waals surface area contributed by atoms with Crippen molar-refractivity contribution in [3.05, 3.63) is 139 Å². The molecular weight excluding hydrogens is 521 g/mol. The average Bonchev–Trinajstić information content (AvgIpc) is 3.36. The normalized spacial score (nSPS) is 11.5. The van der Waals surface area contributed by atoms with Gasteiger partial charge in [0.2, 0.25) is 0 Å². The molecular formula is C34H28N3NaO3. The number of rotatable bonds is 9. The quantitative estimate of drug-likeness (QED) is 0.216. The fraction of sp³-hybridized carbons (Fsp3) is 0.0882. The maximum absolute atomic E-state index is 11.8. The average molecular weight is 550 g/mol. The van der Waals surface area contributed by atoms with E-state index in [1.165, 1.54) is 5.56 Å². The molecule has 2 aromatic heterocycles. The topological polar surface area (TPSA) is 77.2 Å². The zero-order valence-corrected chi connectivity index (χ0v) is 21.7. The molecule has 0 fully saturated rings. The first kappa shape index (κ1) is 28.3. The molecule has 0 amide bonds. The Morgan fingerprint density at radius 1 is 0.732 bits per heavy atom. The monoisotopic (exact) mass is 549 g/mol. The molecule has 6 aromatic rings. The van der Waals surface area contributed by atoms with Crippen molar-refractivity contribution in [2.45, 2.75) is 19.1 Å². The van der Waals surface area contributed by atoms with Crippen LogP contribution in [0.1, 0.15) is 11.1 Å².